The second kappa shape index (κ2) is 7.80. The van der Waals surface area contributed by atoms with E-state index in [1.54, 1.807) is 30.6 Å². The number of nitrogens with zero attached hydrogens (tertiary/aromatic N) is 1. The standard InChI is InChI=1S/C17H20ClN3O/c1-3-4-7-20-15-8-13(10-19-11-15)17(22)21-16-9-14(18)6-5-12(16)2/h5-6,8-11,20H,3-4,7H2,1-2H3,(H,21,22). The summed E-state index contributed by atoms with van der Waals surface area (Å²) in [5.74, 6) is -0.197. The summed E-state index contributed by atoms with van der Waals surface area (Å²) in [5.41, 5.74) is 3.04. The molecule has 1 aromatic carbocycles. The second-order valence-electron chi connectivity index (χ2n) is 5.16. The lowest BCUT2D eigenvalue weighted by Crippen LogP contribution is -2.13. The number of benzene rings is 1. The Labute approximate surface area is 135 Å². The van der Waals surface area contributed by atoms with Gasteiger partial charge in [-0.15, -0.1) is 0 Å². The number of carbonyl (C=O) groups is 1. The molecule has 0 aliphatic carbocycles. The fraction of sp³-hybridized carbons (Fsp3) is 0.294. The number of hydrogen-bond acceptors (Lipinski definition) is 3. The van der Waals surface area contributed by atoms with Crippen LogP contribution in [-0.2, 0) is 0 Å². The van der Waals surface area contributed by atoms with Gasteiger partial charge in [-0.1, -0.05) is 31.0 Å². The van der Waals surface area contributed by atoms with Crippen LogP contribution in [0.1, 0.15) is 35.7 Å². The zero-order valence-corrected chi connectivity index (χ0v) is 13.6. The molecule has 5 heteroatoms. The van der Waals surface area contributed by atoms with E-state index in [0.717, 1.165) is 30.6 Å². The lowest BCUT2D eigenvalue weighted by atomic mass is 10.2. The molecule has 2 N–H and O–H groups in total. The Morgan fingerprint density at radius 3 is 2.86 bits per heavy atom. The van der Waals surface area contributed by atoms with Gasteiger partial charge in [0.25, 0.3) is 5.91 Å². The molecule has 0 atom stereocenters. The molecule has 0 saturated carbocycles. The fourth-order valence-corrected chi connectivity index (χ4v) is 2.17. The number of aryl methyl sites for hydroxylation is 1. The number of amides is 1. The zero-order chi connectivity index (χ0) is 15.9. The number of pyridine rings is 1. The molecule has 0 aliphatic heterocycles. The van der Waals surface area contributed by atoms with Crippen molar-refractivity contribution in [3.8, 4) is 0 Å². The Bertz CT molecular complexity index is 658. The normalized spacial score (nSPS) is 10.3. The third-order valence-corrected chi connectivity index (χ3v) is 3.54. The van der Waals surface area contributed by atoms with Gasteiger partial charge in [0.2, 0.25) is 0 Å². The number of halogens is 1. The number of aromatic nitrogens is 1. The van der Waals surface area contributed by atoms with Gasteiger partial charge >= 0.3 is 0 Å². The topological polar surface area (TPSA) is 54.0 Å². The van der Waals surface area contributed by atoms with Crippen molar-refractivity contribution in [2.75, 3.05) is 17.2 Å². The first-order chi connectivity index (χ1) is 10.6. The van der Waals surface area contributed by atoms with E-state index in [2.05, 4.69) is 22.5 Å². The van der Waals surface area contributed by atoms with Crippen molar-refractivity contribution >= 4 is 28.9 Å². The minimum Gasteiger partial charge on any atom is -0.384 e. The quantitative estimate of drug-likeness (QED) is 0.771. The molecule has 0 spiro atoms. The molecule has 1 heterocycles. The number of nitrogens with one attached hydrogen (secondary N) is 2. The van der Waals surface area contributed by atoms with Gasteiger partial charge in [0.05, 0.1) is 11.3 Å². The van der Waals surface area contributed by atoms with Crippen molar-refractivity contribution < 1.29 is 4.79 Å². The second-order valence-corrected chi connectivity index (χ2v) is 5.59. The summed E-state index contributed by atoms with van der Waals surface area (Å²) in [7, 11) is 0. The SMILES string of the molecule is CCCCNc1cncc(C(=O)Nc2cc(Cl)ccc2C)c1. The Morgan fingerprint density at radius 2 is 2.09 bits per heavy atom. The van der Waals surface area contributed by atoms with Crippen molar-refractivity contribution in [2.24, 2.45) is 0 Å². The maximum absolute atomic E-state index is 12.3. The van der Waals surface area contributed by atoms with Gasteiger partial charge in [0.1, 0.15) is 0 Å². The van der Waals surface area contributed by atoms with Crippen LogP contribution in [0.15, 0.2) is 36.7 Å². The maximum Gasteiger partial charge on any atom is 0.257 e. The van der Waals surface area contributed by atoms with Crippen LogP contribution in [0.5, 0.6) is 0 Å². The molecule has 0 radical (unpaired) electrons. The van der Waals surface area contributed by atoms with E-state index in [9.17, 15) is 4.79 Å². The maximum atomic E-state index is 12.3. The predicted octanol–water partition coefficient (Wildman–Crippen LogP) is 4.51. The summed E-state index contributed by atoms with van der Waals surface area (Å²) in [5, 5.41) is 6.72. The molecule has 2 aromatic rings. The van der Waals surface area contributed by atoms with Crippen LogP contribution in [0.3, 0.4) is 0 Å². The average molecular weight is 318 g/mol. The summed E-state index contributed by atoms with van der Waals surface area (Å²) in [6.45, 7) is 4.93. The first-order valence-electron chi connectivity index (χ1n) is 7.36. The molecule has 2 rings (SSSR count). The molecule has 0 unspecified atom stereocenters. The van der Waals surface area contributed by atoms with Crippen molar-refractivity contribution in [2.45, 2.75) is 26.7 Å². The third-order valence-electron chi connectivity index (χ3n) is 3.31. The molecule has 0 saturated heterocycles. The van der Waals surface area contributed by atoms with Crippen LogP contribution in [0.25, 0.3) is 0 Å². The number of hydrogen-bond donors (Lipinski definition) is 2. The fourth-order valence-electron chi connectivity index (χ4n) is 1.99. The first kappa shape index (κ1) is 16.3. The predicted molar refractivity (Wildman–Crippen MR) is 91.8 cm³/mol. The van der Waals surface area contributed by atoms with Gasteiger partial charge < -0.3 is 10.6 Å². The highest BCUT2D eigenvalue weighted by molar-refractivity contribution is 6.31. The van der Waals surface area contributed by atoms with Gasteiger partial charge in [-0.3, -0.25) is 9.78 Å². The summed E-state index contributed by atoms with van der Waals surface area (Å²) in [4.78, 5) is 16.5. The molecule has 1 amide bonds. The molecular formula is C17H20ClN3O. The molecule has 1 aromatic heterocycles. The Balaban J connectivity index is 2.09. The van der Waals surface area contributed by atoms with Crippen molar-refractivity contribution in [3.63, 3.8) is 0 Å². The molecule has 0 aliphatic rings. The largest absolute Gasteiger partial charge is 0.384 e. The van der Waals surface area contributed by atoms with E-state index in [1.807, 2.05) is 13.0 Å². The Hall–Kier alpha value is -2.07. The lowest BCUT2D eigenvalue weighted by Gasteiger charge is -2.10. The average Bonchev–Trinajstić information content (AvgIpc) is 2.51. The molecule has 0 fully saturated rings. The monoisotopic (exact) mass is 317 g/mol. The zero-order valence-electron chi connectivity index (χ0n) is 12.8. The minimum absolute atomic E-state index is 0.197. The Morgan fingerprint density at radius 1 is 1.27 bits per heavy atom. The third kappa shape index (κ3) is 4.46. The van der Waals surface area contributed by atoms with E-state index in [4.69, 9.17) is 11.6 Å². The number of anilines is 2. The highest BCUT2D eigenvalue weighted by atomic mass is 35.5. The highest BCUT2D eigenvalue weighted by Crippen LogP contribution is 2.21. The van der Waals surface area contributed by atoms with Gasteiger partial charge in [-0.25, -0.2) is 0 Å². The summed E-state index contributed by atoms with van der Waals surface area (Å²) < 4.78 is 0. The van der Waals surface area contributed by atoms with E-state index >= 15 is 0 Å². The number of carbonyl (C=O) groups excluding carboxylic acids is 1. The van der Waals surface area contributed by atoms with Crippen LogP contribution in [0.2, 0.25) is 5.02 Å². The minimum atomic E-state index is -0.197. The van der Waals surface area contributed by atoms with Gasteiger partial charge in [0.15, 0.2) is 0 Å². The molecular weight excluding hydrogens is 298 g/mol. The summed E-state index contributed by atoms with van der Waals surface area (Å²) >= 11 is 5.97. The van der Waals surface area contributed by atoms with Crippen molar-refractivity contribution in [1.82, 2.24) is 4.98 Å². The molecule has 22 heavy (non-hydrogen) atoms. The van der Waals surface area contributed by atoms with Crippen LogP contribution in [-0.4, -0.2) is 17.4 Å². The molecule has 0 bridgehead atoms. The van der Waals surface area contributed by atoms with Gasteiger partial charge in [0, 0.05) is 29.6 Å². The van der Waals surface area contributed by atoms with E-state index in [-0.39, 0.29) is 5.91 Å². The summed E-state index contributed by atoms with van der Waals surface area (Å²) in [6, 6.07) is 7.22. The number of rotatable bonds is 6. The van der Waals surface area contributed by atoms with Crippen molar-refractivity contribution in [1.29, 1.82) is 0 Å². The van der Waals surface area contributed by atoms with E-state index in [1.165, 1.54) is 0 Å². The number of unbranched alkanes of at least 4 members (excludes halogenated alkanes) is 1. The van der Waals surface area contributed by atoms with Crippen LogP contribution >= 0.6 is 11.6 Å². The van der Waals surface area contributed by atoms with Crippen LogP contribution in [0.4, 0.5) is 11.4 Å². The van der Waals surface area contributed by atoms with Gasteiger partial charge in [-0.2, -0.15) is 0 Å². The van der Waals surface area contributed by atoms with E-state index < -0.39 is 0 Å². The lowest BCUT2D eigenvalue weighted by molar-refractivity contribution is 0.102. The van der Waals surface area contributed by atoms with Crippen molar-refractivity contribution in [3.05, 3.63) is 52.8 Å². The highest BCUT2D eigenvalue weighted by Gasteiger charge is 2.09. The molecule has 4 nitrogen and oxygen atoms in total. The van der Waals surface area contributed by atoms with Crippen LogP contribution < -0.4 is 10.6 Å². The van der Waals surface area contributed by atoms with E-state index in [0.29, 0.717) is 16.3 Å². The van der Waals surface area contributed by atoms with Crippen LogP contribution in [0, 0.1) is 6.92 Å². The smallest absolute Gasteiger partial charge is 0.257 e. The Kier molecular flexibility index (Phi) is 5.78. The van der Waals surface area contributed by atoms with Gasteiger partial charge in [-0.05, 0) is 37.1 Å². The first-order valence-corrected chi connectivity index (χ1v) is 7.74. The molecule has 116 valence electrons. The summed E-state index contributed by atoms with van der Waals surface area (Å²) in [6.07, 6.45) is 5.48.